The van der Waals surface area contributed by atoms with E-state index in [0.29, 0.717) is 13.0 Å². The fraction of sp³-hybridized carbons (Fsp3) is 0.486. The highest BCUT2D eigenvalue weighted by atomic mass is 33.1. The van der Waals surface area contributed by atoms with Gasteiger partial charge in [-0.25, -0.2) is 0 Å². The molecule has 0 radical (unpaired) electrons. The minimum Gasteiger partial charge on any atom is -0.355 e. The third-order valence-electron chi connectivity index (χ3n) is 6.16. The number of allylic oxidation sites excluding steroid dienone is 12. The average Bonchev–Trinajstić information content (AvgIpc) is 3.77. The van der Waals surface area contributed by atoms with Crippen LogP contribution in [0.2, 0.25) is 0 Å². The van der Waals surface area contributed by atoms with Gasteiger partial charge in [-0.1, -0.05) is 107 Å². The second-order valence-corrected chi connectivity index (χ2v) is 13.7. The zero-order valence-electron chi connectivity index (χ0n) is 25.8. The maximum absolute atomic E-state index is 12.1. The number of nitrogens with zero attached hydrogens (tertiary/aromatic N) is 1. The molecule has 0 aliphatic carbocycles. The topological polar surface area (TPSA) is 66.6 Å². The first-order valence-corrected chi connectivity index (χ1v) is 17.6. The number of aromatic nitrogens is 1. The molecule has 2 N–H and O–H groups in total. The summed E-state index contributed by atoms with van der Waals surface area (Å²) in [5.74, 6) is 1.01. The van der Waals surface area contributed by atoms with Gasteiger partial charge in [0.15, 0.2) is 0 Å². The van der Waals surface area contributed by atoms with Crippen molar-refractivity contribution in [3.63, 3.8) is 0 Å². The molecule has 2 rings (SSSR count). The molecule has 2 atom stereocenters. The summed E-state index contributed by atoms with van der Waals surface area (Å²) in [5, 5.41) is 6.53. The molecule has 1 fully saturated rings. The fourth-order valence-corrected chi connectivity index (χ4v) is 6.18. The molecule has 5 nitrogen and oxygen atoms in total. The summed E-state index contributed by atoms with van der Waals surface area (Å²) in [7, 11) is 3.65. The summed E-state index contributed by atoms with van der Waals surface area (Å²) in [6.45, 7) is 8.15. The molecule has 1 aromatic rings. The van der Waals surface area contributed by atoms with Gasteiger partial charge in [0.1, 0.15) is 12.3 Å². The van der Waals surface area contributed by atoms with Crippen molar-refractivity contribution in [2.24, 2.45) is 0 Å². The Kier molecular flexibility index (Phi) is 19.8. The van der Waals surface area contributed by atoms with Crippen LogP contribution in [-0.2, 0) is 9.53 Å². The lowest BCUT2D eigenvalue weighted by Gasteiger charge is -2.23. The molecule has 0 aromatic carbocycles. The van der Waals surface area contributed by atoms with Gasteiger partial charge in [0.05, 0.1) is 0 Å². The molecule has 7 heteroatoms. The van der Waals surface area contributed by atoms with Gasteiger partial charge in [-0.05, 0) is 64.9 Å². The first kappa shape index (κ1) is 35.9. The number of amides is 1. The molecule has 1 aliphatic rings. The number of rotatable bonds is 23. The van der Waals surface area contributed by atoms with Crippen molar-refractivity contribution in [3.8, 4) is 0 Å². The highest BCUT2D eigenvalue weighted by Crippen LogP contribution is 2.39. The number of epoxide rings is 1. The zero-order chi connectivity index (χ0) is 30.1. The molecule has 2 heterocycles. The third-order valence-corrected chi connectivity index (χ3v) is 9.45. The Balaban J connectivity index is 1.38. The molecule has 1 aliphatic heterocycles. The summed E-state index contributed by atoms with van der Waals surface area (Å²) < 4.78 is 5.81. The normalized spacial score (nSPS) is 17.7. The molecule has 230 valence electrons. The highest BCUT2D eigenvalue weighted by molar-refractivity contribution is 8.77. The van der Waals surface area contributed by atoms with Crippen LogP contribution in [0.1, 0.15) is 83.8 Å². The molecule has 1 saturated heterocycles. The second-order valence-electron chi connectivity index (χ2n) is 10.6. The van der Waals surface area contributed by atoms with Crippen molar-refractivity contribution in [2.45, 2.75) is 89.2 Å². The molecule has 2 unspecified atom stereocenters. The molecule has 1 aromatic heterocycles. The predicted octanol–water partition coefficient (Wildman–Crippen LogP) is 8.82. The quantitative estimate of drug-likeness (QED) is 0.0559. The van der Waals surface area contributed by atoms with Crippen LogP contribution in [0.5, 0.6) is 0 Å². The number of hydrogen-bond acceptors (Lipinski definition) is 6. The van der Waals surface area contributed by atoms with Crippen molar-refractivity contribution >= 4 is 27.5 Å². The van der Waals surface area contributed by atoms with Gasteiger partial charge in [-0.15, -0.1) is 0 Å². The Hall–Kier alpha value is -2.32. The van der Waals surface area contributed by atoms with Crippen molar-refractivity contribution in [1.29, 1.82) is 0 Å². The van der Waals surface area contributed by atoms with E-state index in [1.807, 2.05) is 29.1 Å². The van der Waals surface area contributed by atoms with E-state index in [-0.39, 0.29) is 23.0 Å². The minimum atomic E-state index is 0.0656. The molecular weight excluding hydrogens is 559 g/mol. The van der Waals surface area contributed by atoms with E-state index in [9.17, 15) is 4.79 Å². The Bertz CT molecular complexity index is 1030. The summed E-state index contributed by atoms with van der Waals surface area (Å²) in [5.41, 5.74) is 1.12. The fourth-order valence-electron chi connectivity index (χ4n) is 3.82. The first-order valence-electron chi connectivity index (χ1n) is 15.3. The zero-order valence-corrected chi connectivity index (χ0v) is 27.4. The Morgan fingerprint density at radius 3 is 2.10 bits per heavy atom. The average molecular weight is 610 g/mol. The number of carbonyl (C=O) groups is 1. The number of ether oxygens (including phenoxy) is 1. The van der Waals surface area contributed by atoms with Crippen LogP contribution in [0.3, 0.4) is 0 Å². The Labute approximate surface area is 262 Å². The van der Waals surface area contributed by atoms with Crippen LogP contribution < -0.4 is 10.6 Å². The SMILES string of the molecule is CC/C=C\C/C=C\C/C=C\C/C=C\C/C=C\C/C=C\CCC(=O)NCCSSC(C)(C)CNC1OC1c1cccnc1. The lowest BCUT2D eigenvalue weighted by molar-refractivity contribution is -0.120. The van der Waals surface area contributed by atoms with Crippen LogP contribution >= 0.6 is 21.6 Å². The molecule has 0 spiro atoms. The van der Waals surface area contributed by atoms with Crippen LogP contribution in [0.15, 0.2) is 97.4 Å². The van der Waals surface area contributed by atoms with E-state index in [2.05, 4.69) is 109 Å². The van der Waals surface area contributed by atoms with Crippen molar-refractivity contribution < 1.29 is 9.53 Å². The highest BCUT2D eigenvalue weighted by Gasteiger charge is 2.41. The lowest BCUT2D eigenvalue weighted by atomic mass is 10.2. The van der Waals surface area contributed by atoms with Gasteiger partial charge in [0.2, 0.25) is 5.91 Å². The molecule has 0 bridgehead atoms. The van der Waals surface area contributed by atoms with Crippen molar-refractivity contribution in [1.82, 2.24) is 15.6 Å². The number of pyridine rings is 1. The summed E-state index contributed by atoms with van der Waals surface area (Å²) in [6.07, 6.45) is 37.4. The largest absolute Gasteiger partial charge is 0.355 e. The number of carbonyl (C=O) groups excluding carboxylic acids is 1. The summed E-state index contributed by atoms with van der Waals surface area (Å²) >= 11 is 0. The van der Waals surface area contributed by atoms with Gasteiger partial charge in [-0.2, -0.15) is 0 Å². The molecule has 42 heavy (non-hydrogen) atoms. The van der Waals surface area contributed by atoms with Crippen LogP contribution in [0.4, 0.5) is 0 Å². The molecular formula is C35H51N3O2S2. The van der Waals surface area contributed by atoms with Crippen molar-refractivity contribution in [3.05, 3.63) is 103 Å². The number of nitrogens with one attached hydrogen (secondary N) is 2. The molecule has 0 saturated carbocycles. The van der Waals surface area contributed by atoms with E-state index in [1.54, 1.807) is 17.0 Å². The summed E-state index contributed by atoms with van der Waals surface area (Å²) in [4.78, 5) is 16.3. The maximum atomic E-state index is 12.1. The van der Waals surface area contributed by atoms with Gasteiger partial charge in [0.25, 0.3) is 0 Å². The maximum Gasteiger partial charge on any atom is 0.220 e. The van der Waals surface area contributed by atoms with E-state index in [4.69, 9.17) is 4.74 Å². The third kappa shape index (κ3) is 19.0. The monoisotopic (exact) mass is 609 g/mol. The first-order chi connectivity index (χ1) is 20.5. The van der Waals surface area contributed by atoms with Gasteiger partial charge >= 0.3 is 0 Å². The van der Waals surface area contributed by atoms with E-state index in [1.165, 1.54) is 0 Å². The van der Waals surface area contributed by atoms with E-state index >= 15 is 0 Å². The predicted molar refractivity (Wildman–Crippen MR) is 184 cm³/mol. The lowest BCUT2D eigenvalue weighted by Crippen LogP contribution is -2.34. The van der Waals surface area contributed by atoms with Gasteiger partial charge in [-0.3, -0.25) is 15.1 Å². The minimum absolute atomic E-state index is 0.0656. The Morgan fingerprint density at radius 1 is 0.929 bits per heavy atom. The van der Waals surface area contributed by atoms with Gasteiger partial charge < -0.3 is 10.1 Å². The van der Waals surface area contributed by atoms with Gasteiger partial charge in [0, 0.05) is 48.0 Å². The smallest absolute Gasteiger partial charge is 0.220 e. The second kappa shape index (κ2) is 23.2. The van der Waals surface area contributed by atoms with E-state index in [0.717, 1.165) is 62.8 Å². The Morgan fingerprint density at radius 2 is 1.52 bits per heavy atom. The molecule has 1 amide bonds. The van der Waals surface area contributed by atoms with Crippen molar-refractivity contribution in [2.75, 3.05) is 18.8 Å². The number of hydrogen-bond donors (Lipinski definition) is 2. The van der Waals surface area contributed by atoms with Crippen LogP contribution in [-0.4, -0.2) is 40.7 Å². The summed E-state index contributed by atoms with van der Waals surface area (Å²) in [6, 6.07) is 3.99. The van der Waals surface area contributed by atoms with Crippen LogP contribution in [0, 0.1) is 0 Å². The van der Waals surface area contributed by atoms with Crippen LogP contribution in [0.25, 0.3) is 0 Å². The standard InChI is InChI=1S/C35H51N3O2S2/c1-4-5-6-7-8-9-10-11-12-13-14-15-16-17-18-19-20-21-22-25-32(39)37-27-28-41-42-35(2,3)30-38-34-33(40-34)31-24-23-26-36-29-31/h5-6,8-9,11-12,14-15,17-18,20-21,23-24,26,29,33-34,38H,4,7,10,13,16,19,22,25,27-28,30H2,1-3H3,(H,37,39)/b6-5-,9-8-,12-11-,15-14-,18-17-,21-20-. The van der Waals surface area contributed by atoms with E-state index < -0.39 is 0 Å².